The van der Waals surface area contributed by atoms with E-state index in [0.717, 1.165) is 42.0 Å². The van der Waals surface area contributed by atoms with Gasteiger partial charge >= 0.3 is 0 Å². The average Bonchev–Trinajstić information content (AvgIpc) is 3.17. The predicted octanol–water partition coefficient (Wildman–Crippen LogP) is 4.21. The molecule has 0 radical (unpaired) electrons. The maximum absolute atomic E-state index is 12.6. The Morgan fingerprint density at radius 2 is 2.04 bits per heavy atom. The number of amides is 1. The molecule has 142 valence electrons. The summed E-state index contributed by atoms with van der Waals surface area (Å²) in [6.45, 7) is 3.88. The lowest BCUT2D eigenvalue weighted by atomic mass is 10.0. The zero-order valence-electron chi connectivity index (χ0n) is 16.0. The lowest BCUT2D eigenvalue weighted by molar-refractivity contribution is -0.127. The first-order valence-corrected chi connectivity index (χ1v) is 9.73. The molecule has 0 spiro atoms. The van der Waals surface area contributed by atoms with Crippen molar-refractivity contribution < 1.29 is 4.79 Å². The van der Waals surface area contributed by atoms with Crippen LogP contribution in [0.3, 0.4) is 0 Å². The molecule has 0 aliphatic carbocycles. The van der Waals surface area contributed by atoms with E-state index in [0.29, 0.717) is 5.92 Å². The van der Waals surface area contributed by atoms with E-state index < -0.39 is 0 Å². The van der Waals surface area contributed by atoms with Crippen molar-refractivity contribution in [2.24, 2.45) is 5.92 Å². The molecule has 1 fully saturated rings. The lowest BCUT2D eigenvalue weighted by Crippen LogP contribution is -2.38. The van der Waals surface area contributed by atoms with Gasteiger partial charge in [-0.05, 0) is 49.1 Å². The van der Waals surface area contributed by atoms with Crippen LogP contribution in [0.1, 0.15) is 25.3 Å². The Morgan fingerprint density at radius 3 is 2.79 bits per heavy atom. The van der Waals surface area contributed by atoms with E-state index in [1.807, 2.05) is 64.3 Å². The smallest absolute Gasteiger partial charge is 0.246 e. The summed E-state index contributed by atoms with van der Waals surface area (Å²) in [5.41, 5.74) is 3.61. The Kier molecular flexibility index (Phi) is 5.33. The number of likely N-dealkylation sites (tertiary alicyclic amines) is 1. The highest BCUT2D eigenvalue weighted by Crippen LogP contribution is 2.24. The van der Waals surface area contributed by atoms with Crippen LogP contribution in [-0.4, -0.2) is 38.7 Å². The summed E-state index contributed by atoms with van der Waals surface area (Å²) in [5, 5.41) is 4.75. The van der Waals surface area contributed by atoms with Gasteiger partial charge in [0.25, 0.3) is 0 Å². The summed E-state index contributed by atoms with van der Waals surface area (Å²) < 4.78 is 1.84. The molecular formula is C23H24N4O. The van der Waals surface area contributed by atoms with Crippen LogP contribution in [0.4, 0.5) is 0 Å². The maximum atomic E-state index is 12.6. The molecule has 1 amide bonds. The van der Waals surface area contributed by atoms with Gasteiger partial charge in [0.05, 0.1) is 5.69 Å². The first kappa shape index (κ1) is 18.2. The minimum atomic E-state index is 0.0659. The van der Waals surface area contributed by atoms with Crippen LogP contribution in [0.15, 0.2) is 67.1 Å². The van der Waals surface area contributed by atoms with E-state index in [2.05, 4.69) is 11.9 Å². The molecule has 1 aliphatic rings. The summed E-state index contributed by atoms with van der Waals surface area (Å²) in [7, 11) is 0. The fourth-order valence-corrected chi connectivity index (χ4v) is 3.61. The predicted molar refractivity (Wildman–Crippen MR) is 111 cm³/mol. The van der Waals surface area contributed by atoms with Crippen LogP contribution in [-0.2, 0) is 4.79 Å². The van der Waals surface area contributed by atoms with E-state index >= 15 is 0 Å². The molecule has 1 atom stereocenters. The average molecular weight is 372 g/mol. The summed E-state index contributed by atoms with van der Waals surface area (Å²) in [6, 6.07) is 13.8. The number of piperidine rings is 1. The number of carbonyl (C=O) groups is 1. The third-order valence-corrected chi connectivity index (χ3v) is 5.07. The van der Waals surface area contributed by atoms with E-state index in [-0.39, 0.29) is 5.91 Å². The summed E-state index contributed by atoms with van der Waals surface area (Å²) >= 11 is 0. The summed E-state index contributed by atoms with van der Waals surface area (Å²) in [5.74, 6) is 0.633. The monoisotopic (exact) mass is 372 g/mol. The van der Waals surface area contributed by atoms with Crippen molar-refractivity contribution in [2.45, 2.75) is 19.8 Å². The Balaban J connectivity index is 1.65. The minimum absolute atomic E-state index is 0.0659. The second-order valence-electron chi connectivity index (χ2n) is 7.32. The standard InChI is InChI=1S/C23H24N4O/c1-18-7-6-14-26(16-18)22(28)12-11-20-17-27(21-9-3-2-4-10-21)25-23(20)19-8-5-13-24-15-19/h2-5,8-13,15,17-18H,6-7,14,16H2,1H3/b12-11+. The molecule has 1 aromatic carbocycles. The quantitative estimate of drug-likeness (QED) is 0.645. The second-order valence-corrected chi connectivity index (χ2v) is 7.32. The van der Waals surface area contributed by atoms with Gasteiger partial charge in [0.15, 0.2) is 0 Å². The van der Waals surface area contributed by atoms with Crippen molar-refractivity contribution in [3.8, 4) is 16.9 Å². The van der Waals surface area contributed by atoms with Gasteiger partial charge in [0, 0.05) is 48.9 Å². The Bertz CT molecular complexity index is 963. The molecule has 0 N–H and O–H groups in total. The first-order chi connectivity index (χ1) is 13.7. The van der Waals surface area contributed by atoms with Gasteiger partial charge in [0.1, 0.15) is 5.69 Å². The fraction of sp³-hybridized carbons (Fsp3) is 0.261. The molecule has 3 aromatic rings. The maximum Gasteiger partial charge on any atom is 0.246 e. The van der Waals surface area contributed by atoms with Crippen LogP contribution >= 0.6 is 0 Å². The third kappa shape index (κ3) is 4.03. The molecule has 28 heavy (non-hydrogen) atoms. The van der Waals surface area contributed by atoms with Crippen LogP contribution in [0, 0.1) is 5.92 Å². The van der Waals surface area contributed by atoms with Crippen LogP contribution in [0.5, 0.6) is 0 Å². The normalized spacial score (nSPS) is 17.2. The van der Waals surface area contributed by atoms with E-state index in [1.165, 1.54) is 6.42 Å². The highest BCUT2D eigenvalue weighted by molar-refractivity contribution is 5.93. The van der Waals surface area contributed by atoms with Crippen LogP contribution in [0.2, 0.25) is 0 Å². The van der Waals surface area contributed by atoms with E-state index in [1.54, 1.807) is 18.5 Å². The molecule has 5 heteroatoms. The number of aromatic nitrogens is 3. The molecule has 1 saturated heterocycles. The molecule has 2 aromatic heterocycles. The van der Waals surface area contributed by atoms with E-state index in [9.17, 15) is 4.79 Å². The van der Waals surface area contributed by atoms with Gasteiger partial charge in [-0.1, -0.05) is 25.1 Å². The van der Waals surface area contributed by atoms with Crippen molar-refractivity contribution in [3.63, 3.8) is 0 Å². The van der Waals surface area contributed by atoms with Gasteiger partial charge in [-0.25, -0.2) is 4.68 Å². The number of carbonyl (C=O) groups excluding carboxylic acids is 1. The number of rotatable bonds is 4. The Morgan fingerprint density at radius 1 is 1.18 bits per heavy atom. The number of pyridine rings is 1. The minimum Gasteiger partial charge on any atom is -0.339 e. The highest BCUT2D eigenvalue weighted by Gasteiger charge is 2.19. The highest BCUT2D eigenvalue weighted by atomic mass is 16.2. The van der Waals surface area contributed by atoms with Crippen molar-refractivity contribution in [2.75, 3.05) is 13.1 Å². The first-order valence-electron chi connectivity index (χ1n) is 9.73. The second kappa shape index (κ2) is 8.21. The van der Waals surface area contributed by atoms with Gasteiger partial charge in [-0.15, -0.1) is 0 Å². The van der Waals surface area contributed by atoms with Crippen LogP contribution < -0.4 is 0 Å². The zero-order chi connectivity index (χ0) is 19.3. The molecule has 4 rings (SSSR count). The third-order valence-electron chi connectivity index (χ3n) is 5.07. The molecule has 0 saturated carbocycles. The molecule has 1 aliphatic heterocycles. The SMILES string of the molecule is CC1CCCN(C(=O)/C=C/c2cn(-c3ccccc3)nc2-c2cccnc2)C1. The Labute approximate surface area is 165 Å². The number of para-hydroxylation sites is 1. The Hall–Kier alpha value is -3.21. The number of benzene rings is 1. The van der Waals surface area contributed by atoms with Crippen LogP contribution in [0.25, 0.3) is 23.0 Å². The molecule has 0 bridgehead atoms. The van der Waals surface area contributed by atoms with Gasteiger partial charge in [-0.3, -0.25) is 9.78 Å². The van der Waals surface area contributed by atoms with Crippen molar-refractivity contribution in [3.05, 3.63) is 72.7 Å². The molecular weight excluding hydrogens is 348 g/mol. The van der Waals surface area contributed by atoms with Gasteiger partial charge < -0.3 is 4.90 Å². The molecule has 1 unspecified atom stereocenters. The van der Waals surface area contributed by atoms with Crippen molar-refractivity contribution in [1.82, 2.24) is 19.7 Å². The molecule has 5 nitrogen and oxygen atoms in total. The van der Waals surface area contributed by atoms with Crippen molar-refractivity contribution >= 4 is 12.0 Å². The van der Waals surface area contributed by atoms with Crippen molar-refractivity contribution in [1.29, 1.82) is 0 Å². The molecule has 3 heterocycles. The number of hydrogen-bond donors (Lipinski definition) is 0. The largest absolute Gasteiger partial charge is 0.339 e. The fourth-order valence-electron chi connectivity index (χ4n) is 3.61. The summed E-state index contributed by atoms with van der Waals surface area (Å²) in [6.07, 6.45) is 11.3. The topological polar surface area (TPSA) is 51.0 Å². The number of nitrogens with zero attached hydrogens (tertiary/aromatic N) is 4. The van der Waals surface area contributed by atoms with Gasteiger partial charge in [0.2, 0.25) is 5.91 Å². The van der Waals surface area contributed by atoms with Gasteiger partial charge in [-0.2, -0.15) is 5.10 Å². The number of hydrogen-bond acceptors (Lipinski definition) is 3. The zero-order valence-corrected chi connectivity index (χ0v) is 16.0. The van der Waals surface area contributed by atoms with E-state index in [4.69, 9.17) is 5.10 Å². The summed E-state index contributed by atoms with van der Waals surface area (Å²) in [4.78, 5) is 18.8. The lowest BCUT2D eigenvalue weighted by Gasteiger charge is -2.30.